The van der Waals surface area contributed by atoms with Crippen molar-refractivity contribution in [3.63, 3.8) is 0 Å². The van der Waals surface area contributed by atoms with E-state index in [9.17, 15) is 0 Å². The van der Waals surface area contributed by atoms with Crippen molar-refractivity contribution < 1.29 is 0 Å². The first-order chi connectivity index (χ1) is 9.13. The van der Waals surface area contributed by atoms with E-state index in [0.717, 1.165) is 16.9 Å². The van der Waals surface area contributed by atoms with Gasteiger partial charge in [-0.25, -0.2) is 4.52 Å². The molecule has 0 saturated heterocycles. The molecule has 0 bridgehead atoms. The van der Waals surface area contributed by atoms with E-state index in [0.29, 0.717) is 12.0 Å². The summed E-state index contributed by atoms with van der Waals surface area (Å²) in [5.41, 5.74) is 2.85. The first-order valence-electron chi connectivity index (χ1n) is 6.26. The number of aromatic nitrogens is 5. The number of nitrogens with one attached hydrogen (secondary N) is 1. The average Bonchev–Trinajstić information content (AvgIpc) is 2.96. The lowest BCUT2D eigenvalue weighted by atomic mass is 10.3. The third kappa shape index (κ3) is 2.16. The van der Waals surface area contributed by atoms with Crippen molar-refractivity contribution in [2.45, 2.75) is 26.8 Å². The number of aryl methyl sites for hydroxylation is 1. The zero-order valence-corrected chi connectivity index (χ0v) is 11.2. The minimum Gasteiger partial charge on any atom is -0.320 e. The van der Waals surface area contributed by atoms with E-state index in [1.807, 2.05) is 36.1 Å². The Bertz CT molecular complexity index is 709. The summed E-state index contributed by atoms with van der Waals surface area (Å²) in [6.45, 7) is 6.19. The van der Waals surface area contributed by atoms with Crippen molar-refractivity contribution >= 4 is 17.3 Å². The lowest BCUT2D eigenvalue weighted by Crippen LogP contribution is -2.00. The maximum absolute atomic E-state index is 4.47. The van der Waals surface area contributed by atoms with Gasteiger partial charge in [-0.1, -0.05) is 6.07 Å². The van der Waals surface area contributed by atoms with Crippen LogP contribution in [0.5, 0.6) is 0 Å². The first kappa shape index (κ1) is 11.7. The van der Waals surface area contributed by atoms with Crippen LogP contribution in [0.3, 0.4) is 0 Å². The molecular formula is C13H16N6. The first-order valence-corrected chi connectivity index (χ1v) is 6.26. The van der Waals surface area contributed by atoms with Gasteiger partial charge in [0.25, 0.3) is 0 Å². The van der Waals surface area contributed by atoms with Crippen molar-refractivity contribution in [1.29, 1.82) is 0 Å². The second-order valence-electron chi connectivity index (χ2n) is 4.82. The summed E-state index contributed by atoms with van der Waals surface area (Å²) in [5, 5.41) is 11.8. The molecule has 3 heterocycles. The van der Waals surface area contributed by atoms with Gasteiger partial charge in [-0.05, 0) is 32.4 Å². The van der Waals surface area contributed by atoms with Crippen molar-refractivity contribution in [3.8, 4) is 0 Å². The van der Waals surface area contributed by atoms with Crippen molar-refractivity contribution in [2.24, 2.45) is 0 Å². The summed E-state index contributed by atoms with van der Waals surface area (Å²) >= 11 is 0. The third-order valence-electron chi connectivity index (χ3n) is 2.94. The van der Waals surface area contributed by atoms with E-state index in [2.05, 4.69) is 34.3 Å². The zero-order valence-electron chi connectivity index (χ0n) is 11.2. The molecule has 98 valence electrons. The van der Waals surface area contributed by atoms with Crippen LogP contribution in [0.25, 0.3) is 5.65 Å². The predicted molar refractivity (Wildman–Crippen MR) is 73.6 cm³/mol. The van der Waals surface area contributed by atoms with Gasteiger partial charge in [0.15, 0.2) is 5.65 Å². The van der Waals surface area contributed by atoms with Crippen molar-refractivity contribution in [3.05, 3.63) is 36.3 Å². The van der Waals surface area contributed by atoms with Crippen LogP contribution in [0.1, 0.15) is 25.5 Å². The van der Waals surface area contributed by atoms with Crippen LogP contribution in [-0.4, -0.2) is 24.4 Å². The SMILES string of the molecule is Cc1cccn2nc(Nc3cnn(C(C)C)c3)nc12. The standard InChI is InChI=1S/C13H16N6/c1-9(2)19-8-11(7-14-19)15-13-16-12-10(3)5-4-6-18(12)17-13/h4-9H,1-3H3,(H,15,17). The minimum absolute atomic E-state index is 0.340. The molecule has 1 N–H and O–H groups in total. The smallest absolute Gasteiger partial charge is 0.247 e. The summed E-state index contributed by atoms with van der Waals surface area (Å²) in [5.74, 6) is 0.581. The van der Waals surface area contributed by atoms with E-state index in [4.69, 9.17) is 0 Å². The van der Waals surface area contributed by atoms with E-state index in [1.54, 1.807) is 10.7 Å². The lowest BCUT2D eigenvalue weighted by Gasteiger charge is -2.02. The molecule has 6 heteroatoms. The predicted octanol–water partition coefficient (Wildman–Crippen LogP) is 2.56. The highest BCUT2D eigenvalue weighted by atomic mass is 15.4. The van der Waals surface area contributed by atoms with E-state index < -0.39 is 0 Å². The largest absolute Gasteiger partial charge is 0.320 e. The fraction of sp³-hybridized carbons (Fsp3) is 0.308. The monoisotopic (exact) mass is 256 g/mol. The van der Waals surface area contributed by atoms with Crippen LogP contribution in [0.4, 0.5) is 11.6 Å². The van der Waals surface area contributed by atoms with Gasteiger partial charge in [-0.2, -0.15) is 10.1 Å². The molecule has 6 nitrogen and oxygen atoms in total. The second kappa shape index (κ2) is 4.38. The number of fused-ring (bicyclic) bond motifs is 1. The molecule has 3 aromatic rings. The molecule has 0 fully saturated rings. The molecule has 3 rings (SSSR count). The number of hydrogen-bond acceptors (Lipinski definition) is 4. The fourth-order valence-electron chi connectivity index (χ4n) is 1.91. The van der Waals surface area contributed by atoms with E-state index in [-0.39, 0.29) is 0 Å². The summed E-state index contributed by atoms with van der Waals surface area (Å²) in [6.07, 6.45) is 5.61. The van der Waals surface area contributed by atoms with Gasteiger partial charge in [0.2, 0.25) is 5.95 Å². The third-order valence-corrected chi connectivity index (χ3v) is 2.94. The van der Waals surface area contributed by atoms with Gasteiger partial charge >= 0.3 is 0 Å². The van der Waals surface area contributed by atoms with Crippen molar-refractivity contribution in [2.75, 3.05) is 5.32 Å². The van der Waals surface area contributed by atoms with Gasteiger partial charge in [-0.15, -0.1) is 5.10 Å². The van der Waals surface area contributed by atoms with E-state index in [1.165, 1.54) is 0 Å². The van der Waals surface area contributed by atoms with Gasteiger partial charge < -0.3 is 5.32 Å². The highest BCUT2D eigenvalue weighted by Gasteiger charge is 2.07. The summed E-state index contributed by atoms with van der Waals surface area (Å²) in [4.78, 5) is 4.47. The average molecular weight is 256 g/mol. The zero-order chi connectivity index (χ0) is 13.4. The fourth-order valence-corrected chi connectivity index (χ4v) is 1.91. The highest BCUT2D eigenvalue weighted by molar-refractivity contribution is 5.55. The molecule has 0 atom stereocenters. The Morgan fingerprint density at radius 2 is 2.16 bits per heavy atom. The maximum Gasteiger partial charge on any atom is 0.247 e. The summed E-state index contributed by atoms with van der Waals surface area (Å²) in [7, 11) is 0. The number of anilines is 2. The molecule has 0 saturated carbocycles. The van der Waals surface area contributed by atoms with Crippen LogP contribution in [0, 0.1) is 6.92 Å². The Morgan fingerprint density at radius 3 is 2.84 bits per heavy atom. The molecule has 0 aliphatic rings. The van der Waals surface area contributed by atoms with Crippen LogP contribution in [0.2, 0.25) is 0 Å². The molecular weight excluding hydrogens is 240 g/mol. The van der Waals surface area contributed by atoms with Crippen molar-refractivity contribution in [1.82, 2.24) is 24.4 Å². The number of nitrogens with zero attached hydrogens (tertiary/aromatic N) is 5. The van der Waals surface area contributed by atoms with Gasteiger partial charge in [0, 0.05) is 18.4 Å². The highest BCUT2D eigenvalue weighted by Crippen LogP contribution is 2.16. The Balaban J connectivity index is 1.90. The minimum atomic E-state index is 0.340. The molecule has 0 spiro atoms. The Morgan fingerprint density at radius 1 is 1.32 bits per heavy atom. The molecule has 0 radical (unpaired) electrons. The second-order valence-corrected chi connectivity index (χ2v) is 4.82. The maximum atomic E-state index is 4.47. The van der Waals surface area contributed by atoms with Crippen LogP contribution in [0.15, 0.2) is 30.7 Å². The summed E-state index contributed by atoms with van der Waals surface area (Å²) in [6, 6.07) is 4.31. The number of rotatable bonds is 3. The van der Waals surface area contributed by atoms with Crippen LogP contribution >= 0.6 is 0 Å². The van der Waals surface area contributed by atoms with Gasteiger partial charge in [0.05, 0.1) is 11.9 Å². The Kier molecular flexibility index (Phi) is 2.70. The van der Waals surface area contributed by atoms with Gasteiger partial charge in [0.1, 0.15) is 0 Å². The quantitative estimate of drug-likeness (QED) is 0.782. The Labute approximate surface area is 111 Å². The Hall–Kier alpha value is -2.37. The lowest BCUT2D eigenvalue weighted by molar-refractivity contribution is 0.532. The molecule has 3 aromatic heterocycles. The number of pyridine rings is 1. The van der Waals surface area contributed by atoms with Crippen LogP contribution < -0.4 is 5.32 Å². The molecule has 0 aliphatic carbocycles. The van der Waals surface area contributed by atoms with Crippen LogP contribution in [-0.2, 0) is 0 Å². The molecule has 19 heavy (non-hydrogen) atoms. The molecule has 0 unspecified atom stereocenters. The topological polar surface area (TPSA) is 60.0 Å². The van der Waals surface area contributed by atoms with Gasteiger partial charge in [-0.3, -0.25) is 4.68 Å². The summed E-state index contributed by atoms with van der Waals surface area (Å²) < 4.78 is 3.66. The normalized spacial score (nSPS) is 11.4. The molecule has 0 aromatic carbocycles. The number of hydrogen-bond donors (Lipinski definition) is 1. The molecule has 0 amide bonds. The molecule has 0 aliphatic heterocycles. The van der Waals surface area contributed by atoms with E-state index >= 15 is 0 Å².